The Morgan fingerprint density at radius 3 is 2.32 bits per heavy atom. The van der Waals surface area contributed by atoms with Crippen molar-refractivity contribution >= 4 is 44.0 Å². The van der Waals surface area contributed by atoms with Crippen molar-refractivity contribution in [1.82, 2.24) is 0 Å². The second kappa shape index (κ2) is 10.4. The van der Waals surface area contributed by atoms with Crippen LogP contribution in [-0.4, -0.2) is 44.0 Å². The van der Waals surface area contributed by atoms with E-state index >= 15 is 0 Å². The monoisotopic (exact) mass is 326 g/mol. The van der Waals surface area contributed by atoms with E-state index in [1.165, 1.54) is 36.0 Å². The fourth-order valence-electron chi connectivity index (χ4n) is 2.80. The van der Waals surface area contributed by atoms with Crippen molar-refractivity contribution in [2.45, 2.75) is 53.9 Å². The number of aldehydes is 1. The van der Waals surface area contributed by atoms with Gasteiger partial charge in [0.1, 0.15) is 6.29 Å². The minimum absolute atomic E-state index is 0. The van der Waals surface area contributed by atoms with Gasteiger partial charge in [0.25, 0.3) is 0 Å². The van der Waals surface area contributed by atoms with Gasteiger partial charge in [-0.05, 0) is 62.7 Å². The predicted molar refractivity (Wildman–Crippen MR) is 101 cm³/mol. The predicted octanol–water partition coefficient (Wildman–Crippen LogP) is 4.80. The summed E-state index contributed by atoms with van der Waals surface area (Å²) in [5.41, 5.74) is 5.48. The van der Waals surface area contributed by atoms with Crippen molar-refractivity contribution in [2.24, 2.45) is 5.41 Å². The van der Waals surface area contributed by atoms with Gasteiger partial charge in [-0.15, -0.1) is 0 Å². The average Bonchev–Trinajstić information content (AvgIpc) is 2.37. The van der Waals surface area contributed by atoms with Crippen molar-refractivity contribution < 1.29 is 4.79 Å². The molecular formula is C20H30CaO. The summed E-state index contributed by atoms with van der Waals surface area (Å²) in [6.45, 7) is 10.9. The molecule has 0 N–H and O–H groups in total. The first-order valence-corrected chi connectivity index (χ1v) is 7.72. The summed E-state index contributed by atoms with van der Waals surface area (Å²) in [4.78, 5) is 10.3. The van der Waals surface area contributed by atoms with E-state index in [4.69, 9.17) is 0 Å². The fraction of sp³-hybridized carbons (Fsp3) is 0.450. The summed E-state index contributed by atoms with van der Waals surface area (Å²) < 4.78 is 0. The SMILES string of the molecule is CC(C=CC=C(C)C=CC1=C(C)CCCC1(C)C)=CC=O.[CaH2]. The third-order valence-corrected chi connectivity index (χ3v) is 4.10. The summed E-state index contributed by atoms with van der Waals surface area (Å²) in [7, 11) is 0. The van der Waals surface area contributed by atoms with Gasteiger partial charge >= 0.3 is 37.7 Å². The summed E-state index contributed by atoms with van der Waals surface area (Å²) in [6, 6.07) is 0. The first kappa shape index (κ1) is 21.6. The summed E-state index contributed by atoms with van der Waals surface area (Å²) >= 11 is 0. The van der Waals surface area contributed by atoms with Crippen LogP contribution < -0.4 is 0 Å². The molecular weight excluding hydrogens is 296 g/mol. The molecule has 1 nitrogen and oxygen atoms in total. The van der Waals surface area contributed by atoms with E-state index in [0.717, 1.165) is 11.9 Å². The number of carbonyl (C=O) groups is 1. The van der Waals surface area contributed by atoms with E-state index in [1.54, 1.807) is 6.08 Å². The molecule has 1 aliphatic rings. The second-order valence-electron chi connectivity index (χ2n) is 6.58. The van der Waals surface area contributed by atoms with Gasteiger partial charge in [-0.25, -0.2) is 0 Å². The van der Waals surface area contributed by atoms with E-state index in [-0.39, 0.29) is 43.2 Å². The molecule has 0 aromatic rings. The Labute approximate surface area is 165 Å². The average molecular weight is 327 g/mol. The molecule has 0 radical (unpaired) electrons. The maximum atomic E-state index is 10.3. The first-order valence-electron chi connectivity index (χ1n) is 7.72. The van der Waals surface area contributed by atoms with Gasteiger partial charge in [-0.1, -0.05) is 55.4 Å². The maximum absolute atomic E-state index is 10.3. The normalized spacial score (nSPS) is 19.7. The standard InChI is InChI=1S/C20H28O.Ca.2H/c1-16(8-6-9-17(2)13-15-21)11-12-19-18(3)10-7-14-20(19,4)5;;;/h6,8-9,11-13,15H,7,10,14H2,1-5H3;;;. The Balaban J connectivity index is 0.00000441. The molecule has 0 fully saturated rings. The molecule has 2 heteroatoms. The number of allylic oxidation sites excluding steroid dienone is 10. The number of rotatable bonds is 5. The van der Waals surface area contributed by atoms with Crippen LogP contribution in [0.3, 0.4) is 0 Å². The Morgan fingerprint density at radius 1 is 1.09 bits per heavy atom. The zero-order chi connectivity index (χ0) is 15.9. The van der Waals surface area contributed by atoms with Crippen molar-refractivity contribution in [1.29, 1.82) is 0 Å². The van der Waals surface area contributed by atoms with Crippen molar-refractivity contribution in [2.75, 3.05) is 0 Å². The van der Waals surface area contributed by atoms with Crippen LogP contribution in [0.5, 0.6) is 0 Å². The molecule has 0 aliphatic heterocycles. The van der Waals surface area contributed by atoms with Crippen LogP contribution >= 0.6 is 0 Å². The van der Waals surface area contributed by atoms with Crippen LogP contribution in [0.4, 0.5) is 0 Å². The van der Waals surface area contributed by atoms with E-state index < -0.39 is 0 Å². The molecule has 0 heterocycles. The molecule has 0 saturated carbocycles. The Bertz CT molecular complexity index is 528. The summed E-state index contributed by atoms with van der Waals surface area (Å²) in [5, 5.41) is 0. The molecule has 0 aromatic carbocycles. The molecule has 0 amide bonds. The minimum atomic E-state index is 0. The van der Waals surface area contributed by atoms with Crippen LogP contribution in [0.1, 0.15) is 53.9 Å². The van der Waals surface area contributed by atoms with Crippen LogP contribution in [0.25, 0.3) is 0 Å². The molecule has 22 heavy (non-hydrogen) atoms. The van der Waals surface area contributed by atoms with Gasteiger partial charge in [-0.3, -0.25) is 4.79 Å². The molecule has 0 unspecified atom stereocenters. The Hall–Kier alpha value is -0.370. The van der Waals surface area contributed by atoms with E-state index in [1.807, 2.05) is 19.1 Å². The third-order valence-electron chi connectivity index (χ3n) is 4.10. The van der Waals surface area contributed by atoms with Gasteiger partial charge in [0, 0.05) is 0 Å². The van der Waals surface area contributed by atoms with Gasteiger partial charge in [0.05, 0.1) is 0 Å². The van der Waals surface area contributed by atoms with Gasteiger partial charge in [0.15, 0.2) is 0 Å². The number of hydrogen-bond donors (Lipinski definition) is 0. The van der Waals surface area contributed by atoms with E-state index in [9.17, 15) is 4.79 Å². The molecule has 0 saturated heterocycles. The van der Waals surface area contributed by atoms with Crippen LogP contribution in [0.2, 0.25) is 0 Å². The van der Waals surface area contributed by atoms with Crippen LogP contribution in [0.15, 0.2) is 58.7 Å². The van der Waals surface area contributed by atoms with Crippen LogP contribution in [0, 0.1) is 5.41 Å². The Kier molecular flexibility index (Phi) is 10.2. The molecule has 0 atom stereocenters. The van der Waals surface area contributed by atoms with Gasteiger partial charge in [0.2, 0.25) is 0 Å². The molecule has 118 valence electrons. The van der Waals surface area contributed by atoms with Crippen molar-refractivity contribution in [3.63, 3.8) is 0 Å². The van der Waals surface area contributed by atoms with Gasteiger partial charge in [-0.2, -0.15) is 0 Å². The fourth-order valence-corrected chi connectivity index (χ4v) is 2.80. The zero-order valence-corrected chi connectivity index (χ0v) is 14.1. The molecule has 0 aromatic heterocycles. The van der Waals surface area contributed by atoms with Crippen LogP contribution in [-0.2, 0) is 4.79 Å². The first-order chi connectivity index (χ1) is 9.86. The molecule has 0 bridgehead atoms. The number of carbonyl (C=O) groups excluding carboxylic acids is 1. The molecule has 1 rings (SSSR count). The number of hydrogen-bond acceptors (Lipinski definition) is 1. The summed E-state index contributed by atoms with van der Waals surface area (Å²) in [6.07, 6.45) is 16.6. The van der Waals surface area contributed by atoms with E-state index in [2.05, 4.69) is 45.9 Å². The second-order valence-corrected chi connectivity index (χ2v) is 6.58. The summed E-state index contributed by atoms with van der Waals surface area (Å²) in [5.74, 6) is 0. The quantitative estimate of drug-likeness (QED) is 0.307. The van der Waals surface area contributed by atoms with Crippen molar-refractivity contribution in [3.05, 3.63) is 58.7 Å². The molecule has 0 spiro atoms. The molecule has 1 aliphatic carbocycles. The third kappa shape index (κ3) is 7.26. The van der Waals surface area contributed by atoms with Crippen molar-refractivity contribution in [3.8, 4) is 0 Å². The zero-order valence-electron chi connectivity index (χ0n) is 14.1. The van der Waals surface area contributed by atoms with E-state index in [0.29, 0.717) is 0 Å². The topological polar surface area (TPSA) is 17.1 Å². The Morgan fingerprint density at radius 2 is 1.73 bits per heavy atom. The van der Waals surface area contributed by atoms with Gasteiger partial charge < -0.3 is 0 Å².